The molecule has 0 aromatic carbocycles. The Morgan fingerprint density at radius 1 is 1.36 bits per heavy atom. The SMILES string of the molecule is CC(=O)CCC(C)OC(C)C. The molecule has 0 N–H and O–H groups in total. The Morgan fingerprint density at radius 3 is 2.27 bits per heavy atom. The van der Waals surface area contributed by atoms with Gasteiger partial charge < -0.3 is 9.53 Å². The number of carbonyl (C=O) groups excluding carboxylic acids is 1. The molecule has 2 nitrogen and oxygen atoms in total. The van der Waals surface area contributed by atoms with Gasteiger partial charge in [0.05, 0.1) is 12.2 Å². The molecule has 0 rings (SSSR count). The van der Waals surface area contributed by atoms with Crippen LogP contribution in [0.1, 0.15) is 40.5 Å². The molecular weight excluding hydrogens is 140 g/mol. The first-order chi connectivity index (χ1) is 5.02. The molecule has 0 radical (unpaired) electrons. The topological polar surface area (TPSA) is 26.3 Å². The third-order valence-electron chi connectivity index (χ3n) is 1.41. The van der Waals surface area contributed by atoms with Gasteiger partial charge in [-0.3, -0.25) is 0 Å². The predicted octanol–water partition coefficient (Wildman–Crippen LogP) is 2.17. The third-order valence-corrected chi connectivity index (χ3v) is 1.41. The maximum Gasteiger partial charge on any atom is 0.129 e. The van der Waals surface area contributed by atoms with E-state index in [2.05, 4.69) is 0 Å². The summed E-state index contributed by atoms with van der Waals surface area (Å²) < 4.78 is 5.45. The van der Waals surface area contributed by atoms with Gasteiger partial charge in [-0.05, 0) is 34.1 Å². The number of Topliss-reactive ketones (excluding diaryl/α,β-unsaturated/α-hetero) is 1. The zero-order valence-corrected chi connectivity index (χ0v) is 7.89. The molecule has 0 aromatic heterocycles. The lowest BCUT2D eigenvalue weighted by Gasteiger charge is -2.14. The van der Waals surface area contributed by atoms with E-state index in [0.717, 1.165) is 6.42 Å². The van der Waals surface area contributed by atoms with Crippen molar-refractivity contribution >= 4 is 5.78 Å². The summed E-state index contributed by atoms with van der Waals surface area (Å²) in [6.45, 7) is 7.62. The Kier molecular flexibility index (Phi) is 5.12. The normalized spacial score (nSPS) is 13.5. The summed E-state index contributed by atoms with van der Waals surface area (Å²) >= 11 is 0. The smallest absolute Gasteiger partial charge is 0.129 e. The third kappa shape index (κ3) is 7.53. The molecule has 0 aliphatic heterocycles. The number of ketones is 1. The fourth-order valence-electron chi connectivity index (χ4n) is 0.939. The summed E-state index contributed by atoms with van der Waals surface area (Å²) in [5.74, 6) is 0.240. The van der Waals surface area contributed by atoms with Gasteiger partial charge in [0, 0.05) is 6.42 Å². The Balaban J connectivity index is 3.37. The lowest BCUT2D eigenvalue weighted by atomic mass is 10.2. The maximum atomic E-state index is 10.6. The molecule has 66 valence electrons. The summed E-state index contributed by atoms with van der Waals surface area (Å²) in [5, 5.41) is 0. The van der Waals surface area contributed by atoms with Crippen LogP contribution in [0, 0.1) is 0 Å². The molecule has 2 heteroatoms. The van der Waals surface area contributed by atoms with Gasteiger partial charge >= 0.3 is 0 Å². The van der Waals surface area contributed by atoms with Crippen LogP contribution in [-0.2, 0) is 9.53 Å². The van der Waals surface area contributed by atoms with E-state index >= 15 is 0 Å². The molecule has 1 atom stereocenters. The van der Waals surface area contributed by atoms with E-state index in [1.165, 1.54) is 0 Å². The minimum Gasteiger partial charge on any atom is -0.376 e. The number of hydrogen-bond donors (Lipinski definition) is 0. The van der Waals surface area contributed by atoms with Crippen molar-refractivity contribution in [1.29, 1.82) is 0 Å². The zero-order chi connectivity index (χ0) is 8.85. The molecule has 1 unspecified atom stereocenters. The van der Waals surface area contributed by atoms with Crippen molar-refractivity contribution in [2.45, 2.75) is 52.7 Å². The van der Waals surface area contributed by atoms with E-state index in [9.17, 15) is 4.79 Å². The molecule has 0 bridgehead atoms. The first-order valence-electron chi connectivity index (χ1n) is 4.17. The Hall–Kier alpha value is -0.370. The molecule has 0 aromatic rings. The number of carbonyl (C=O) groups is 1. The van der Waals surface area contributed by atoms with Crippen LogP contribution in [0.2, 0.25) is 0 Å². The van der Waals surface area contributed by atoms with Gasteiger partial charge in [-0.1, -0.05) is 0 Å². The fraction of sp³-hybridized carbons (Fsp3) is 0.889. The van der Waals surface area contributed by atoms with Crippen LogP contribution in [-0.4, -0.2) is 18.0 Å². The average Bonchev–Trinajstić information content (AvgIpc) is 1.82. The molecule has 0 saturated carbocycles. The summed E-state index contributed by atoms with van der Waals surface area (Å²) in [7, 11) is 0. The highest BCUT2D eigenvalue weighted by Gasteiger charge is 2.05. The average molecular weight is 158 g/mol. The van der Waals surface area contributed by atoms with Gasteiger partial charge in [-0.15, -0.1) is 0 Å². The number of hydrogen-bond acceptors (Lipinski definition) is 2. The Morgan fingerprint density at radius 2 is 1.91 bits per heavy atom. The fourth-order valence-corrected chi connectivity index (χ4v) is 0.939. The zero-order valence-electron chi connectivity index (χ0n) is 7.89. The van der Waals surface area contributed by atoms with Crippen molar-refractivity contribution in [3.63, 3.8) is 0 Å². The van der Waals surface area contributed by atoms with Crippen molar-refractivity contribution in [2.75, 3.05) is 0 Å². The second-order valence-corrected chi connectivity index (χ2v) is 3.24. The van der Waals surface area contributed by atoms with Crippen LogP contribution in [0.3, 0.4) is 0 Å². The predicted molar refractivity (Wildman–Crippen MR) is 45.6 cm³/mol. The number of rotatable bonds is 5. The van der Waals surface area contributed by atoms with E-state index in [1.807, 2.05) is 20.8 Å². The summed E-state index contributed by atoms with van der Waals surface area (Å²) in [6.07, 6.45) is 1.94. The lowest BCUT2D eigenvalue weighted by Crippen LogP contribution is -2.14. The van der Waals surface area contributed by atoms with E-state index in [-0.39, 0.29) is 18.0 Å². The van der Waals surface area contributed by atoms with Crippen LogP contribution in [0.25, 0.3) is 0 Å². The largest absolute Gasteiger partial charge is 0.376 e. The highest BCUT2D eigenvalue weighted by Crippen LogP contribution is 2.04. The molecule has 0 aliphatic carbocycles. The van der Waals surface area contributed by atoms with Gasteiger partial charge in [0.2, 0.25) is 0 Å². The molecular formula is C9H18O2. The summed E-state index contributed by atoms with van der Waals surface area (Å²) in [6, 6.07) is 0. The first-order valence-corrected chi connectivity index (χ1v) is 4.17. The van der Waals surface area contributed by atoms with E-state index < -0.39 is 0 Å². The lowest BCUT2D eigenvalue weighted by molar-refractivity contribution is -0.117. The minimum absolute atomic E-state index is 0.207. The maximum absolute atomic E-state index is 10.6. The molecule has 0 amide bonds. The van der Waals surface area contributed by atoms with Crippen molar-refractivity contribution in [3.05, 3.63) is 0 Å². The monoisotopic (exact) mass is 158 g/mol. The van der Waals surface area contributed by atoms with Gasteiger partial charge in [-0.25, -0.2) is 0 Å². The first kappa shape index (κ1) is 10.6. The molecule has 0 saturated heterocycles. The van der Waals surface area contributed by atoms with E-state index in [4.69, 9.17) is 4.74 Å². The highest BCUT2D eigenvalue weighted by molar-refractivity contribution is 5.75. The summed E-state index contributed by atoms with van der Waals surface area (Å²) in [4.78, 5) is 10.6. The second kappa shape index (κ2) is 5.30. The van der Waals surface area contributed by atoms with Crippen LogP contribution in [0.5, 0.6) is 0 Å². The van der Waals surface area contributed by atoms with Crippen LogP contribution < -0.4 is 0 Å². The second-order valence-electron chi connectivity index (χ2n) is 3.24. The van der Waals surface area contributed by atoms with Crippen LogP contribution in [0.15, 0.2) is 0 Å². The van der Waals surface area contributed by atoms with Gasteiger partial charge in [0.15, 0.2) is 0 Å². The van der Waals surface area contributed by atoms with Gasteiger partial charge in [-0.2, -0.15) is 0 Å². The highest BCUT2D eigenvalue weighted by atomic mass is 16.5. The van der Waals surface area contributed by atoms with Crippen molar-refractivity contribution in [2.24, 2.45) is 0 Å². The van der Waals surface area contributed by atoms with Gasteiger partial charge in [0.1, 0.15) is 5.78 Å². The van der Waals surface area contributed by atoms with Crippen LogP contribution in [0.4, 0.5) is 0 Å². The molecule has 0 spiro atoms. The van der Waals surface area contributed by atoms with Crippen molar-refractivity contribution in [3.8, 4) is 0 Å². The minimum atomic E-state index is 0.207. The molecule has 0 heterocycles. The molecule has 0 aliphatic rings. The quantitative estimate of drug-likeness (QED) is 0.613. The molecule has 11 heavy (non-hydrogen) atoms. The number of ether oxygens (including phenoxy) is 1. The van der Waals surface area contributed by atoms with Crippen molar-refractivity contribution in [1.82, 2.24) is 0 Å². The Bertz CT molecular complexity index is 119. The van der Waals surface area contributed by atoms with Crippen molar-refractivity contribution < 1.29 is 9.53 Å². The molecule has 0 fully saturated rings. The standard InChI is InChI=1S/C9H18O2/c1-7(2)11-9(4)6-5-8(3)10/h7,9H,5-6H2,1-4H3. The van der Waals surface area contributed by atoms with Crippen LogP contribution >= 0.6 is 0 Å². The summed E-state index contributed by atoms with van der Waals surface area (Å²) in [5.41, 5.74) is 0. The Labute approximate surface area is 68.9 Å². The van der Waals surface area contributed by atoms with E-state index in [0.29, 0.717) is 6.42 Å². The van der Waals surface area contributed by atoms with Gasteiger partial charge in [0.25, 0.3) is 0 Å². The van der Waals surface area contributed by atoms with E-state index in [1.54, 1.807) is 6.92 Å².